The number of nitrogens with one attached hydrogen (secondary N) is 2. The quantitative estimate of drug-likeness (QED) is 0.625. The number of nitrogens with zero attached hydrogens (tertiary/aromatic N) is 2. The van der Waals surface area contributed by atoms with Gasteiger partial charge in [-0.25, -0.2) is 23.1 Å². The van der Waals surface area contributed by atoms with Crippen LogP contribution in [0, 0.1) is 6.92 Å². The third-order valence-corrected chi connectivity index (χ3v) is 5.07. The smallest absolute Gasteiger partial charge is 0.264 e. The van der Waals surface area contributed by atoms with Crippen molar-refractivity contribution in [2.75, 3.05) is 10.0 Å². The maximum absolute atomic E-state index is 12.3. The first-order chi connectivity index (χ1) is 13.4. The van der Waals surface area contributed by atoms with E-state index in [4.69, 9.17) is 0 Å². The molecule has 2 N–H and O–H groups in total. The molecule has 0 fully saturated rings. The molecule has 142 valence electrons. The zero-order valence-electron chi connectivity index (χ0n) is 15.0. The molecule has 0 aliphatic carbocycles. The Bertz CT molecular complexity index is 1080. The average molecular weight is 394 g/mol. The van der Waals surface area contributed by atoms with Crippen molar-refractivity contribution in [3.63, 3.8) is 0 Å². The standard InChI is InChI=1S/C20H18N4O3S/c1-15-3-5-16(6-4-15)7-12-19(25)23-17-8-10-18(11-9-17)28(26,27)24-20-21-13-2-14-22-20/h2-14H,1H3,(H,23,25)(H,21,22,24)/b12-7+. The Morgan fingerprint density at radius 3 is 2.25 bits per heavy atom. The summed E-state index contributed by atoms with van der Waals surface area (Å²) >= 11 is 0. The summed E-state index contributed by atoms with van der Waals surface area (Å²) in [6.45, 7) is 1.99. The van der Waals surface area contributed by atoms with Crippen molar-refractivity contribution < 1.29 is 13.2 Å². The van der Waals surface area contributed by atoms with E-state index in [0.717, 1.165) is 11.1 Å². The van der Waals surface area contributed by atoms with Crippen molar-refractivity contribution in [2.45, 2.75) is 11.8 Å². The van der Waals surface area contributed by atoms with E-state index in [0.29, 0.717) is 5.69 Å². The maximum atomic E-state index is 12.3. The summed E-state index contributed by atoms with van der Waals surface area (Å²) < 4.78 is 26.9. The molecule has 1 aromatic heterocycles. The van der Waals surface area contributed by atoms with Crippen molar-refractivity contribution in [2.24, 2.45) is 0 Å². The maximum Gasteiger partial charge on any atom is 0.264 e. The fourth-order valence-electron chi connectivity index (χ4n) is 2.28. The van der Waals surface area contributed by atoms with Crippen LogP contribution >= 0.6 is 0 Å². The number of anilines is 2. The minimum Gasteiger partial charge on any atom is -0.323 e. The van der Waals surface area contributed by atoms with Gasteiger partial charge in [0, 0.05) is 24.2 Å². The van der Waals surface area contributed by atoms with E-state index >= 15 is 0 Å². The van der Waals surface area contributed by atoms with Gasteiger partial charge in [0.2, 0.25) is 11.9 Å². The van der Waals surface area contributed by atoms with E-state index in [-0.39, 0.29) is 16.8 Å². The fraction of sp³-hybridized carbons (Fsp3) is 0.0500. The molecule has 0 saturated carbocycles. The van der Waals surface area contributed by atoms with E-state index in [9.17, 15) is 13.2 Å². The largest absolute Gasteiger partial charge is 0.323 e. The highest BCUT2D eigenvalue weighted by Gasteiger charge is 2.15. The number of amides is 1. The van der Waals surface area contributed by atoms with Crippen LogP contribution in [0.4, 0.5) is 11.6 Å². The normalized spacial score (nSPS) is 11.3. The lowest BCUT2D eigenvalue weighted by atomic mass is 10.1. The Morgan fingerprint density at radius 2 is 1.61 bits per heavy atom. The van der Waals surface area contributed by atoms with Crippen LogP contribution in [0.3, 0.4) is 0 Å². The van der Waals surface area contributed by atoms with E-state index in [2.05, 4.69) is 20.0 Å². The second-order valence-corrected chi connectivity index (χ2v) is 7.62. The van der Waals surface area contributed by atoms with Crippen LogP contribution in [0.15, 0.2) is 78.0 Å². The summed E-state index contributed by atoms with van der Waals surface area (Å²) in [6.07, 6.45) is 6.00. The second-order valence-electron chi connectivity index (χ2n) is 5.94. The van der Waals surface area contributed by atoms with E-state index in [1.807, 2.05) is 31.2 Å². The van der Waals surface area contributed by atoms with Gasteiger partial charge in [0.05, 0.1) is 4.90 Å². The van der Waals surface area contributed by atoms with Gasteiger partial charge < -0.3 is 5.32 Å². The van der Waals surface area contributed by atoms with Crippen molar-refractivity contribution >= 4 is 33.6 Å². The zero-order valence-corrected chi connectivity index (χ0v) is 15.8. The summed E-state index contributed by atoms with van der Waals surface area (Å²) in [4.78, 5) is 19.7. The van der Waals surface area contributed by atoms with Crippen molar-refractivity contribution in [3.05, 3.63) is 84.2 Å². The molecular weight excluding hydrogens is 376 g/mol. The van der Waals surface area contributed by atoms with Gasteiger partial charge in [-0.15, -0.1) is 0 Å². The molecule has 0 atom stereocenters. The van der Waals surface area contributed by atoms with Gasteiger partial charge in [0.25, 0.3) is 10.0 Å². The van der Waals surface area contributed by atoms with Crippen LogP contribution in [0.25, 0.3) is 6.08 Å². The molecular formula is C20H18N4O3S. The molecule has 3 aromatic rings. The SMILES string of the molecule is Cc1ccc(/C=C/C(=O)Nc2ccc(S(=O)(=O)Nc3ncccn3)cc2)cc1. The minimum atomic E-state index is -3.81. The highest BCUT2D eigenvalue weighted by Crippen LogP contribution is 2.16. The molecule has 1 heterocycles. The minimum absolute atomic E-state index is 0.0128. The number of carbonyl (C=O) groups excluding carboxylic acids is 1. The number of hydrogen-bond acceptors (Lipinski definition) is 5. The molecule has 0 saturated heterocycles. The number of carbonyl (C=O) groups is 1. The van der Waals surface area contributed by atoms with Gasteiger partial charge in [-0.1, -0.05) is 29.8 Å². The summed E-state index contributed by atoms with van der Waals surface area (Å²) in [5, 5.41) is 2.69. The van der Waals surface area contributed by atoms with Crippen LogP contribution in [-0.2, 0) is 14.8 Å². The predicted molar refractivity (Wildman–Crippen MR) is 108 cm³/mol. The van der Waals surface area contributed by atoms with E-state index in [1.54, 1.807) is 12.1 Å². The molecule has 2 aromatic carbocycles. The molecule has 1 amide bonds. The molecule has 8 heteroatoms. The van der Waals surface area contributed by atoms with Gasteiger partial charge in [-0.2, -0.15) is 0 Å². The third-order valence-electron chi connectivity index (χ3n) is 3.73. The number of benzene rings is 2. The second kappa shape index (κ2) is 8.45. The Balaban J connectivity index is 1.63. The number of sulfonamides is 1. The van der Waals surface area contributed by atoms with Crippen LogP contribution in [0.1, 0.15) is 11.1 Å². The van der Waals surface area contributed by atoms with Crippen LogP contribution in [0.2, 0.25) is 0 Å². The topological polar surface area (TPSA) is 101 Å². The monoisotopic (exact) mass is 394 g/mol. The Hall–Kier alpha value is -3.52. The number of aryl methyl sites for hydroxylation is 1. The highest BCUT2D eigenvalue weighted by molar-refractivity contribution is 7.92. The van der Waals surface area contributed by atoms with E-state index < -0.39 is 10.0 Å². The Kier molecular flexibility index (Phi) is 5.81. The highest BCUT2D eigenvalue weighted by atomic mass is 32.2. The Morgan fingerprint density at radius 1 is 0.964 bits per heavy atom. The molecule has 0 bridgehead atoms. The number of hydrogen-bond donors (Lipinski definition) is 2. The van der Waals surface area contributed by atoms with Crippen LogP contribution in [-0.4, -0.2) is 24.3 Å². The lowest BCUT2D eigenvalue weighted by Crippen LogP contribution is -2.15. The van der Waals surface area contributed by atoms with Crippen molar-refractivity contribution in [1.29, 1.82) is 0 Å². The molecule has 7 nitrogen and oxygen atoms in total. The molecule has 3 rings (SSSR count). The first-order valence-electron chi connectivity index (χ1n) is 8.38. The molecule has 0 aliphatic rings. The number of aromatic nitrogens is 2. The lowest BCUT2D eigenvalue weighted by Gasteiger charge is -2.07. The molecule has 28 heavy (non-hydrogen) atoms. The summed E-state index contributed by atoms with van der Waals surface area (Å²) in [6, 6.07) is 15.2. The van der Waals surface area contributed by atoms with Crippen molar-refractivity contribution in [1.82, 2.24) is 9.97 Å². The van der Waals surface area contributed by atoms with Crippen LogP contribution in [0.5, 0.6) is 0 Å². The average Bonchev–Trinajstić information content (AvgIpc) is 2.68. The first-order valence-corrected chi connectivity index (χ1v) is 9.86. The molecule has 0 unspecified atom stereocenters. The Labute approximate surface area is 163 Å². The molecule has 0 spiro atoms. The molecule has 0 radical (unpaired) electrons. The van der Waals surface area contributed by atoms with Gasteiger partial charge in [0.15, 0.2) is 0 Å². The first kappa shape index (κ1) is 19.2. The van der Waals surface area contributed by atoms with Gasteiger partial charge >= 0.3 is 0 Å². The lowest BCUT2D eigenvalue weighted by molar-refractivity contribution is -0.111. The van der Waals surface area contributed by atoms with Crippen LogP contribution < -0.4 is 10.0 Å². The zero-order chi connectivity index (χ0) is 20.0. The van der Waals surface area contributed by atoms with E-state index in [1.165, 1.54) is 42.7 Å². The van der Waals surface area contributed by atoms with Gasteiger partial charge in [-0.3, -0.25) is 4.79 Å². The van der Waals surface area contributed by atoms with Gasteiger partial charge in [-0.05, 0) is 48.9 Å². The predicted octanol–water partition coefficient (Wildman–Crippen LogP) is 3.24. The fourth-order valence-corrected chi connectivity index (χ4v) is 3.24. The summed E-state index contributed by atoms with van der Waals surface area (Å²) in [5.41, 5.74) is 2.54. The summed E-state index contributed by atoms with van der Waals surface area (Å²) in [5.74, 6) is -0.326. The summed E-state index contributed by atoms with van der Waals surface area (Å²) in [7, 11) is -3.81. The molecule has 0 aliphatic heterocycles. The third kappa shape index (κ3) is 5.24. The van der Waals surface area contributed by atoms with Gasteiger partial charge in [0.1, 0.15) is 0 Å². The number of rotatable bonds is 6. The van der Waals surface area contributed by atoms with Crippen molar-refractivity contribution in [3.8, 4) is 0 Å².